The van der Waals surface area contributed by atoms with Gasteiger partial charge in [0.15, 0.2) is 0 Å². The first-order valence-electron chi connectivity index (χ1n) is 3.43. The Balaban J connectivity index is 0.00000121. The van der Waals surface area contributed by atoms with E-state index >= 15 is 0 Å². The number of hydrogen-bond donors (Lipinski definition) is 0. The quantitative estimate of drug-likeness (QED) is 0.363. The van der Waals surface area contributed by atoms with Gasteiger partial charge in [0.25, 0.3) is 0 Å². The fraction of sp³-hybridized carbons (Fsp3) is 0.222. The summed E-state index contributed by atoms with van der Waals surface area (Å²) in [6.45, 7) is 3.37. The minimum absolute atomic E-state index is 0. The molecule has 62 valence electrons. The summed E-state index contributed by atoms with van der Waals surface area (Å²) in [5, 5.41) is 0. The molecule has 1 aromatic rings. The van der Waals surface area contributed by atoms with Crippen LogP contribution in [0.5, 0.6) is 5.75 Å². The normalized spacial score (nSPS) is 8.50. The molecule has 0 radical (unpaired) electrons. The Morgan fingerprint density at radius 1 is 1.25 bits per heavy atom. The molecule has 12 heavy (non-hydrogen) atoms. The molecule has 1 aromatic carbocycles. The number of carbonyl (C=O) groups excluding carboxylic acids is 1. The zero-order valence-electron chi connectivity index (χ0n) is 6.63. The molecule has 0 atom stereocenters. The third kappa shape index (κ3) is 3.73. The highest BCUT2D eigenvalue weighted by molar-refractivity contribution is 5.75. The van der Waals surface area contributed by atoms with Crippen LogP contribution >= 0.6 is 0 Å². The lowest BCUT2D eigenvalue weighted by Crippen LogP contribution is -2.00. The van der Waals surface area contributed by atoms with Gasteiger partial charge in [-0.2, -0.15) is 0 Å². The molecule has 0 aliphatic heterocycles. The van der Waals surface area contributed by atoms with Crippen molar-refractivity contribution in [3.63, 3.8) is 0 Å². The Bertz CT molecular complexity index is 254. The predicted octanol–water partition coefficient (Wildman–Crippen LogP) is 1.00. The van der Waals surface area contributed by atoms with E-state index in [9.17, 15) is 4.79 Å². The Kier molecular flexibility index (Phi) is 4.93. The summed E-state index contributed by atoms with van der Waals surface area (Å²) in [6, 6.07) is 7.35. The number of carbonyl (C=O) groups is 1. The molecule has 3 heteroatoms. The fourth-order valence-electron chi connectivity index (χ4n) is 0.772. The Morgan fingerprint density at radius 2 is 1.75 bits per heavy atom. The number of hydrogen-bond acceptors (Lipinski definition) is 2. The Hall–Kier alpha value is -0.544. The maximum Gasteiger partial charge on any atom is 0.316 e. The van der Waals surface area contributed by atoms with Gasteiger partial charge in [-0.1, -0.05) is 17.7 Å². The molecule has 2 nitrogen and oxygen atoms in total. The van der Waals surface area contributed by atoms with E-state index in [1.807, 2.05) is 19.1 Å². The fourth-order valence-corrected chi connectivity index (χ4v) is 0.772. The second-order valence-electron chi connectivity index (χ2n) is 2.41. The summed E-state index contributed by atoms with van der Waals surface area (Å²) in [5.41, 5.74) is 1.15. The van der Waals surface area contributed by atoms with E-state index < -0.39 is 0 Å². The first-order chi connectivity index (χ1) is 5.18. The van der Waals surface area contributed by atoms with Crippen molar-refractivity contribution in [2.24, 2.45) is 0 Å². The molecule has 0 bridgehead atoms. The molecule has 0 aromatic heterocycles. The van der Waals surface area contributed by atoms with Gasteiger partial charge < -0.3 is 4.74 Å². The van der Waals surface area contributed by atoms with E-state index in [0.29, 0.717) is 5.75 Å². The van der Waals surface area contributed by atoms with Gasteiger partial charge in [0, 0.05) is 6.92 Å². The smallest absolute Gasteiger partial charge is 0.316 e. The SMILES string of the molecule is CC(=O)Oc1ccc(C)cc1.[MgH2]. The van der Waals surface area contributed by atoms with Crippen LogP contribution in [0, 0.1) is 6.92 Å². The van der Waals surface area contributed by atoms with Crippen LogP contribution in [-0.4, -0.2) is 29.0 Å². The van der Waals surface area contributed by atoms with E-state index in [-0.39, 0.29) is 29.0 Å². The van der Waals surface area contributed by atoms with E-state index in [2.05, 4.69) is 0 Å². The van der Waals surface area contributed by atoms with Crippen molar-refractivity contribution in [3.8, 4) is 5.75 Å². The van der Waals surface area contributed by atoms with Gasteiger partial charge in [-0.15, -0.1) is 0 Å². The lowest BCUT2D eigenvalue weighted by molar-refractivity contribution is -0.131. The third-order valence-electron chi connectivity index (χ3n) is 1.28. The van der Waals surface area contributed by atoms with Crippen LogP contribution in [-0.2, 0) is 4.79 Å². The lowest BCUT2D eigenvalue weighted by atomic mass is 10.2. The van der Waals surface area contributed by atoms with Crippen LogP contribution in [0.2, 0.25) is 0 Å². The summed E-state index contributed by atoms with van der Waals surface area (Å²) >= 11 is 0. The molecule has 0 heterocycles. The highest BCUT2D eigenvalue weighted by atomic mass is 24.3. The van der Waals surface area contributed by atoms with E-state index in [0.717, 1.165) is 5.56 Å². The summed E-state index contributed by atoms with van der Waals surface area (Å²) in [4.78, 5) is 10.5. The standard InChI is InChI=1S/C9H10O2.Mg.2H/c1-7-3-5-9(6-4-7)11-8(2)10;;;/h3-6H,1-2H3;;;. The van der Waals surface area contributed by atoms with Gasteiger partial charge in [-0.3, -0.25) is 4.79 Å². The molecule has 1 rings (SSSR count). The summed E-state index contributed by atoms with van der Waals surface area (Å²) in [5.74, 6) is 0.317. The summed E-state index contributed by atoms with van der Waals surface area (Å²) in [7, 11) is 0. The Morgan fingerprint density at radius 3 is 2.17 bits per heavy atom. The van der Waals surface area contributed by atoms with Crippen molar-refractivity contribution < 1.29 is 9.53 Å². The summed E-state index contributed by atoms with van der Waals surface area (Å²) < 4.78 is 4.83. The molecule has 0 spiro atoms. The average molecular weight is 176 g/mol. The van der Waals surface area contributed by atoms with E-state index in [1.54, 1.807) is 12.1 Å². The average Bonchev–Trinajstić information content (AvgIpc) is 1.93. The topological polar surface area (TPSA) is 26.3 Å². The van der Waals surface area contributed by atoms with Crippen molar-refractivity contribution in [1.29, 1.82) is 0 Å². The zero-order valence-corrected chi connectivity index (χ0v) is 6.63. The van der Waals surface area contributed by atoms with Crippen LogP contribution in [0.3, 0.4) is 0 Å². The Labute approximate surface area is 88.1 Å². The number of ether oxygens (including phenoxy) is 1. The van der Waals surface area contributed by atoms with Crippen LogP contribution in [0.15, 0.2) is 24.3 Å². The van der Waals surface area contributed by atoms with Gasteiger partial charge in [0.05, 0.1) is 0 Å². The maximum atomic E-state index is 10.5. The van der Waals surface area contributed by atoms with Crippen molar-refractivity contribution in [3.05, 3.63) is 29.8 Å². The number of esters is 1. The van der Waals surface area contributed by atoms with Crippen molar-refractivity contribution >= 4 is 29.0 Å². The molecule has 0 amide bonds. The molecule has 0 saturated carbocycles. The molecule has 0 N–H and O–H groups in total. The largest absolute Gasteiger partial charge is 0.427 e. The second-order valence-corrected chi connectivity index (χ2v) is 2.41. The van der Waals surface area contributed by atoms with Gasteiger partial charge in [0.1, 0.15) is 5.75 Å². The van der Waals surface area contributed by atoms with Gasteiger partial charge in [0.2, 0.25) is 0 Å². The molecular weight excluding hydrogens is 164 g/mol. The zero-order chi connectivity index (χ0) is 8.27. The van der Waals surface area contributed by atoms with E-state index in [4.69, 9.17) is 4.74 Å². The maximum absolute atomic E-state index is 10.5. The first-order valence-corrected chi connectivity index (χ1v) is 3.43. The van der Waals surface area contributed by atoms with Crippen LogP contribution in [0.4, 0.5) is 0 Å². The van der Waals surface area contributed by atoms with E-state index in [1.165, 1.54) is 6.92 Å². The van der Waals surface area contributed by atoms with Gasteiger partial charge >= 0.3 is 29.0 Å². The monoisotopic (exact) mass is 176 g/mol. The third-order valence-corrected chi connectivity index (χ3v) is 1.28. The van der Waals surface area contributed by atoms with Gasteiger partial charge in [-0.25, -0.2) is 0 Å². The molecule has 0 aliphatic rings. The molecule has 0 aliphatic carbocycles. The highest BCUT2D eigenvalue weighted by Crippen LogP contribution is 2.10. The van der Waals surface area contributed by atoms with Crippen LogP contribution in [0.25, 0.3) is 0 Å². The molecule has 0 fully saturated rings. The molecule has 0 unspecified atom stereocenters. The highest BCUT2D eigenvalue weighted by Gasteiger charge is 1.94. The summed E-state index contributed by atoms with van der Waals surface area (Å²) in [6.07, 6.45) is 0. The van der Waals surface area contributed by atoms with Gasteiger partial charge in [-0.05, 0) is 19.1 Å². The second kappa shape index (κ2) is 5.16. The van der Waals surface area contributed by atoms with Crippen molar-refractivity contribution in [1.82, 2.24) is 0 Å². The minimum atomic E-state index is -0.283. The predicted molar refractivity (Wildman–Crippen MR) is 51.0 cm³/mol. The van der Waals surface area contributed by atoms with Crippen molar-refractivity contribution in [2.75, 3.05) is 0 Å². The lowest BCUT2D eigenvalue weighted by Gasteiger charge is -1.99. The molecule has 0 saturated heterocycles. The minimum Gasteiger partial charge on any atom is -0.427 e. The first kappa shape index (κ1) is 11.5. The van der Waals surface area contributed by atoms with Crippen molar-refractivity contribution in [2.45, 2.75) is 13.8 Å². The number of rotatable bonds is 1. The van der Waals surface area contributed by atoms with Crippen LogP contribution < -0.4 is 4.74 Å². The van der Waals surface area contributed by atoms with Crippen LogP contribution in [0.1, 0.15) is 12.5 Å². The molecular formula is C9H12MgO2. The number of aryl methyl sites for hydroxylation is 1. The number of benzene rings is 1.